The van der Waals surface area contributed by atoms with Crippen molar-refractivity contribution in [3.8, 4) is 11.8 Å². The van der Waals surface area contributed by atoms with Crippen LogP contribution in [0.1, 0.15) is 36.2 Å². The van der Waals surface area contributed by atoms with E-state index in [-0.39, 0.29) is 23.6 Å². The summed E-state index contributed by atoms with van der Waals surface area (Å²) in [5.41, 5.74) is 0.448. The third-order valence-electron chi connectivity index (χ3n) is 2.54. The Labute approximate surface area is 112 Å². The average molecular weight is 263 g/mol. The predicted molar refractivity (Wildman–Crippen MR) is 72.2 cm³/mol. The zero-order valence-electron chi connectivity index (χ0n) is 11.2. The fourth-order valence-electron chi connectivity index (χ4n) is 1.47. The highest BCUT2D eigenvalue weighted by Crippen LogP contribution is 2.09. The van der Waals surface area contributed by atoms with E-state index >= 15 is 0 Å². The van der Waals surface area contributed by atoms with Gasteiger partial charge in [-0.2, -0.15) is 0 Å². The lowest BCUT2D eigenvalue weighted by Gasteiger charge is -2.07. The van der Waals surface area contributed by atoms with Crippen molar-refractivity contribution >= 4 is 5.91 Å². The van der Waals surface area contributed by atoms with Crippen molar-refractivity contribution in [2.75, 3.05) is 13.2 Å². The number of hydrogen-bond donors (Lipinski definition) is 2. The first-order chi connectivity index (χ1) is 9.04. The van der Waals surface area contributed by atoms with Gasteiger partial charge in [-0.1, -0.05) is 25.7 Å². The van der Waals surface area contributed by atoms with Gasteiger partial charge in [-0.3, -0.25) is 4.79 Å². The second-order valence-electron chi connectivity index (χ2n) is 4.59. The second-order valence-corrected chi connectivity index (χ2v) is 4.59. The fourth-order valence-corrected chi connectivity index (χ4v) is 1.47. The summed E-state index contributed by atoms with van der Waals surface area (Å²) in [5.74, 6) is 4.51. The summed E-state index contributed by atoms with van der Waals surface area (Å²) in [6.45, 7) is 4.39. The van der Waals surface area contributed by atoms with Gasteiger partial charge in [-0.15, -0.1) is 0 Å². The monoisotopic (exact) mass is 263 g/mol. The Morgan fingerprint density at radius 2 is 2.21 bits per heavy atom. The average Bonchev–Trinajstić information content (AvgIpc) is 2.36. The van der Waals surface area contributed by atoms with Gasteiger partial charge < -0.3 is 10.4 Å². The molecule has 0 aliphatic rings. The van der Waals surface area contributed by atoms with Gasteiger partial charge in [-0.05, 0) is 30.5 Å². The van der Waals surface area contributed by atoms with Crippen molar-refractivity contribution in [1.29, 1.82) is 0 Å². The summed E-state index contributed by atoms with van der Waals surface area (Å²) in [6, 6.07) is 4.12. The third-order valence-corrected chi connectivity index (χ3v) is 2.54. The van der Waals surface area contributed by atoms with Gasteiger partial charge in [0.15, 0.2) is 0 Å². The molecule has 0 spiro atoms. The molecule has 0 bridgehead atoms. The lowest BCUT2D eigenvalue weighted by molar-refractivity contribution is 0.0951. The van der Waals surface area contributed by atoms with Crippen LogP contribution in [0.5, 0.6) is 0 Å². The molecule has 1 aromatic carbocycles. The Kier molecular flexibility index (Phi) is 6.04. The van der Waals surface area contributed by atoms with E-state index in [9.17, 15) is 9.18 Å². The molecule has 0 fully saturated rings. The van der Waals surface area contributed by atoms with Crippen LogP contribution in [0, 0.1) is 23.6 Å². The molecule has 19 heavy (non-hydrogen) atoms. The number of halogens is 1. The molecule has 0 saturated carbocycles. The van der Waals surface area contributed by atoms with E-state index in [2.05, 4.69) is 31.0 Å². The largest absolute Gasteiger partial charge is 0.384 e. The number of aliphatic hydroxyl groups excluding tert-OH is 1. The molecule has 0 aliphatic heterocycles. The van der Waals surface area contributed by atoms with Gasteiger partial charge in [-0.25, -0.2) is 4.39 Å². The number of nitrogens with one attached hydrogen (secondary N) is 1. The maximum absolute atomic E-state index is 13.6. The van der Waals surface area contributed by atoms with E-state index in [0.29, 0.717) is 12.5 Å². The predicted octanol–water partition coefficient (Wildman–Crippen LogP) is 1.95. The van der Waals surface area contributed by atoms with E-state index in [4.69, 9.17) is 5.11 Å². The quantitative estimate of drug-likeness (QED) is 0.816. The number of aliphatic hydroxyl groups is 1. The van der Waals surface area contributed by atoms with Gasteiger partial charge in [0.2, 0.25) is 0 Å². The van der Waals surface area contributed by atoms with Gasteiger partial charge in [0.25, 0.3) is 5.91 Å². The molecular weight excluding hydrogens is 245 g/mol. The highest BCUT2D eigenvalue weighted by Gasteiger charge is 2.08. The summed E-state index contributed by atoms with van der Waals surface area (Å²) in [5, 5.41) is 11.3. The summed E-state index contributed by atoms with van der Waals surface area (Å²) in [6.07, 6.45) is 0.883. The standard InChI is InChI=1S/C15H18FNO2/c1-11(2)7-8-17-15(19)13-6-5-12(4-3-9-18)14(16)10-13/h5-6,10-11,18H,7-9H2,1-2H3,(H,17,19). The number of rotatable bonds is 4. The smallest absolute Gasteiger partial charge is 0.251 e. The normalized spacial score (nSPS) is 9.95. The van der Waals surface area contributed by atoms with Crippen LogP contribution in [-0.4, -0.2) is 24.2 Å². The van der Waals surface area contributed by atoms with E-state index in [1.54, 1.807) is 0 Å². The maximum Gasteiger partial charge on any atom is 0.251 e. The van der Waals surface area contributed by atoms with E-state index < -0.39 is 5.82 Å². The summed E-state index contributed by atoms with van der Waals surface area (Å²) < 4.78 is 13.6. The molecule has 4 heteroatoms. The Hall–Kier alpha value is -1.86. The fraction of sp³-hybridized carbons (Fsp3) is 0.400. The molecule has 0 atom stereocenters. The molecule has 2 N–H and O–H groups in total. The second kappa shape index (κ2) is 7.55. The van der Waals surface area contributed by atoms with E-state index in [1.165, 1.54) is 12.1 Å². The van der Waals surface area contributed by atoms with Crippen molar-refractivity contribution in [3.63, 3.8) is 0 Å². The molecular formula is C15H18FNO2. The molecule has 0 saturated heterocycles. The van der Waals surface area contributed by atoms with Crippen LogP contribution in [0.25, 0.3) is 0 Å². The molecule has 1 rings (SSSR count). The number of carbonyl (C=O) groups excluding carboxylic acids is 1. The Morgan fingerprint density at radius 3 is 2.79 bits per heavy atom. The minimum absolute atomic E-state index is 0.174. The Morgan fingerprint density at radius 1 is 1.47 bits per heavy atom. The Balaban J connectivity index is 2.69. The van der Waals surface area contributed by atoms with Crippen LogP contribution < -0.4 is 5.32 Å². The van der Waals surface area contributed by atoms with Gasteiger partial charge in [0.1, 0.15) is 12.4 Å². The minimum Gasteiger partial charge on any atom is -0.384 e. The lowest BCUT2D eigenvalue weighted by atomic mass is 10.1. The van der Waals surface area contributed by atoms with Gasteiger partial charge in [0.05, 0.1) is 5.56 Å². The van der Waals surface area contributed by atoms with Crippen LogP contribution in [0.2, 0.25) is 0 Å². The number of hydrogen-bond acceptors (Lipinski definition) is 2. The van der Waals surface area contributed by atoms with Crippen LogP contribution >= 0.6 is 0 Å². The number of amides is 1. The molecule has 1 amide bonds. The molecule has 102 valence electrons. The highest BCUT2D eigenvalue weighted by atomic mass is 19.1. The first-order valence-corrected chi connectivity index (χ1v) is 6.22. The van der Waals surface area contributed by atoms with Crippen molar-refractivity contribution in [3.05, 3.63) is 35.1 Å². The molecule has 0 aromatic heterocycles. The summed E-state index contributed by atoms with van der Waals surface area (Å²) in [7, 11) is 0. The van der Waals surface area contributed by atoms with Crippen molar-refractivity contribution in [1.82, 2.24) is 5.32 Å². The van der Waals surface area contributed by atoms with E-state index in [1.807, 2.05) is 0 Å². The first-order valence-electron chi connectivity index (χ1n) is 6.22. The summed E-state index contributed by atoms with van der Waals surface area (Å²) in [4.78, 5) is 11.7. The van der Waals surface area contributed by atoms with Crippen LogP contribution in [0.4, 0.5) is 4.39 Å². The van der Waals surface area contributed by atoms with E-state index in [0.717, 1.165) is 12.5 Å². The first kappa shape index (κ1) is 15.2. The van der Waals surface area contributed by atoms with Crippen LogP contribution in [0.3, 0.4) is 0 Å². The van der Waals surface area contributed by atoms with Crippen molar-refractivity contribution in [2.45, 2.75) is 20.3 Å². The zero-order valence-corrected chi connectivity index (χ0v) is 11.2. The van der Waals surface area contributed by atoms with Crippen molar-refractivity contribution in [2.24, 2.45) is 5.92 Å². The Bertz CT molecular complexity index is 501. The highest BCUT2D eigenvalue weighted by molar-refractivity contribution is 5.94. The van der Waals surface area contributed by atoms with Crippen molar-refractivity contribution < 1.29 is 14.3 Å². The maximum atomic E-state index is 13.6. The lowest BCUT2D eigenvalue weighted by Crippen LogP contribution is -2.25. The molecule has 0 aliphatic carbocycles. The SMILES string of the molecule is CC(C)CCNC(=O)c1ccc(C#CCO)c(F)c1. The minimum atomic E-state index is -0.558. The van der Waals surface area contributed by atoms with Gasteiger partial charge >= 0.3 is 0 Å². The van der Waals surface area contributed by atoms with Crippen LogP contribution in [-0.2, 0) is 0 Å². The molecule has 1 aromatic rings. The zero-order chi connectivity index (χ0) is 14.3. The topological polar surface area (TPSA) is 49.3 Å². The molecule has 0 unspecified atom stereocenters. The van der Waals surface area contributed by atoms with Crippen LogP contribution in [0.15, 0.2) is 18.2 Å². The molecule has 0 heterocycles. The summed E-state index contributed by atoms with van der Waals surface area (Å²) >= 11 is 0. The molecule has 3 nitrogen and oxygen atoms in total. The molecule has 0 radical (unpaired) electrons. The number of benzene rings is 1. The third kappa shape index (κ3) is 5.11. The number of carbonyl (C=O) groups is 1. The van der Waals surface area contributed by atoms with Gasteiger partial charge in [0, 0.05) is 12.1 Å².